The van der Waals surface area contributed by atoms with Gasteiger partial charge in [0.25, 0.3) is 0 Å². The zero-order valence-electron chi connectivity index (χ0n) is 14.3. The van der Waals surface area contributed by atoms with Crippen LogP contribution in [0.5, 0.6) is 5.75 Å². The van der Waals surface area contributed by atoms with E-state index in [0.29, 0.717) is 13.2 Å². The van der Waals surface area contributed by atoms with Crippen molar-refractivity contribution < 1.29 is 9.53 Å². The molecule has 2 N–H and O–H groups in total. The van der Waals surface area contributed by atoms with Crippen molar-refractivity contribution in [2.75, 3.05) is 6.61 Å². The van der Waals surface area contributed by atoms with Crippen LogP contribution in [0.2, 0.25) is 0 Å². The Morgan fingerprint density at radius 1 is 1.38 bits per heavy atom. The minimum atomic E-state index is -0.179. The fourth-order valence-electron chi connectivity index (χ4n) is 2.60. The molecule has 0 saturated heterocycles. The maximum atomic E-state index is 12.2. The molecule has 0 unspecified atom stereocenters. The lowest BCUT2D eigenvalue weighted by atomic mass is 9.98. The Bertz CT molecular complexity index is 721. The van der Waals surface area contributed by atoms with Crippen molar-refractivity contribution in [2.24, 2.45) is 0 Å². The predicted octanol–water partition coefficient (Wildman–Crippen LogP) is 3.76. The number of rotatable bonds is 3. The zero-order chi connectivity index (χ0) is 17.2. The third-order valence-corrected chi connectivity index (χ3v) is 5.20. The standard InChI is InChI=1S/C18H23N3O2S/c1-18(2,3)16-20-12(11-24-16)10-19-17(22)21-14-8-9-23-15-7-5-4-6-13(14)15/h4-7,11,14H,8-10H2,1-3H3,(H2,19,21,22)/t14-/m0/s1. The van der Waals surface area contributed by atoms with Crippen LogP contribution < -0.4 is 15.4 Å². The number of hydrogen-bond donors (Lipinski definition) is 2. The van der Waals surface area contributed by atoms with Gasteiger partial charge in [0.2, 0.25) is 0 Å². The number of nitrogens with one attached hydrogen (secondary N) is 2. The lowest BCUT2D eigenvalue weighted by Gasteiger charge is -2.26. The summed E-state index contributed by atoms with van der Waals surface area (Å²) in [5.41, 5.74) is 1.96. The highest BCUT2D eigenvalue weighted by Crippen LogP contribution is 2.31. The molecule has 0 bridgehead atoms. The van der Waals surface area contributed by atoms with E-state index in [1.165, 1.54) is 0 Å². The molecule has 1 aromatic heterocycles. The van der Waals surface area contributed by atoms with Crippen LogP contribution in [0.1, 0.15) is 49.5 Å². The second kappa shape index (κ2) is 6.81. The fourth-order valence-corrected chi connectivity index (χ4v) is 3.51. The minimum absolute atomic E-state index is 0.0180. The van der Waals surface area contributed by atoms with E-state index >= 15 is 0 Å². The number of para-hydroxylation sites is 1. The van der Waals surface area contributed by atoms with Gasteiger partial charge >= 0.3 is 6.03 Å². The molecule has 3 rings (SSSR count). The van der Waals surface area contributed by atoms with E-state index < -0.39 is 0 Å². The van der Waals surface area contributed by atoms with Gasteiger partial charge in [-0.25, -0.2) is 9.78 Å². The first-order valence-electron chi connectivity index (χ1n) is 8.14. The summed E-state index contributed by atoms with van der Waals surface area (Å²) in [6.07, 6.45) is 0.773. The number of ether oxygens (including phenoxy) is 1. The largest absolute Gasteiger partial charge is 0.493 e. The Morgan fingerprint density at radius 2 is 2.17 bits per heavy atom. The number of urea groups is 1. The van der Waals surface area contributed by atoms with Gasteiger partial charge in [0, 0.05) is 22.8 Å². The molecule has 0 radical (unpaired) electrons. The van der Waals surface area contributed by atoms with Gasteiger partial charge in [0.05, 0.1) is 29.9 Å². The summed E-state index contributed by atoms with van der Waals surface area (Å²) in [6, 6.07) is 7.64. The number of benzene rings is 1. The van der Waals surface area contributed by atoms with Gasteiger partial charge < -0.3 is 15.4 Å². The summed E-state index contributed by atoms with van der Waals surface area (Å²) >= 11 is 1.64. The van der Waals surface area contributed by atoms with Crippen molar-refractivity contribution >= 4 is 17.4 Å². The molecule has 128 valence electrons. The van der Waals surface area contributed by atoms with Crippen molar-refractivity contribution in [1.29, 1.82) is 0 Å². The van der Waals surface area contributed by atoms with Gasteiger partial charge in [0.15, 0.2) is 0 Å². The Kier molecular flexibility index (Phi) is 4.76. The van der Waals surface area contributed by atoms with E-state index in [1.807, 2.05) is 29.6 Å². The Labute approximate surface area is 146 Å². The average Bonchev–Trinajstić information content (AvgIpc) is 3.03. The van der Waals surface area contributed by atoms with Gasteiger partial charge in [0.1, 0.15) is 5.75 Å². The van der Waals surface area contributed by atoms with Gasteiger partial charge in [-0.2, -0.15) is 0 Å². The summed E-state index contributed by atoms with van der Waals surface area (Å²) in [6.45, 7) is 7.46. The molecule has 1 aliphatic heterocycles. The van der Waals surface area contributed by atoms with Crippen molar-refractivity contribution in [3.63, 3.8) is 0 Å². The quantitative estimate of drug-likeness (QED) is 0.890. The van der Waals surface area contributed by atoms with Crippen LogP contribution >= 0.6 is 11.3 Å². The van der Waals surface area contributed by atoms with E-state index in [2.05, 4.69) is 36.4 Å². The first-order chi connectivity index (χ1) is 11.4. The van der Waals surface area contributed by atoms with Crippen molar-refractivity contribution in [1.82, 2.24) is 15.6 Å². The average molecular weight is 345 g/mol. The minimum Gasteiger partial charge on any atom is -0.493 e. The number of fused-ring (bicyclic) bond motifs is 1. The second-order valence-electron chi connectivity index (χ2n) is 6.95. The highest BCUT2D eigenvalue weighted by atomic mass is 32.1. The van der Waals surface area contributed by atoms with Crippen LogP contribution in [0.4, 0.5) is 4.79 Å². The SMILES string of the molecule is CC(C)(C)c1nc(CNC(=O)N[C@H]2CCOc3ccccc32)cs1. The zero-order valence-corrected chi connectivity index (χ0v) is 15.1. The number of aromatic nitrogens is 1. The molecule has 1 aliphatic rings. The summed E-state index contributed by atoms with van der Waals surface area (Å²) in [7, 11) is 0. The van der Waals surface area contributed by atoms with E-state index in [9.17, 15) is 4.79 Å². The molecule has 5 nitrogen and oxygen atoms in total. The Hall–Kier alpha value is -2.08. The Morgan fingerprint density at radius 3 is 2.92 bits per heavy atom. The predicted molar refractivity (Wildman–Crippen MR) is 95.5 cm³/mol. The topological polar surface area (TPSA) is 63.2 Å². The molecular weight excluding hydrogens is 322 g/mol. The smallest absolute Gasteiger partial charge is 0.315 e. The number of nitrogens with zero attached hydrogens (tertiary/aromatic N) is 1. The molecule has 2 heterocycles. The molecule has 2 amide bonds. The van der Waals surface area contributed by atoms with Gasteiger partial charge in [-0.05, 0) is 6.07 Å². The highest BCUT2D eigenvalue weighted by molar-refractivity contribution is 7.09. The van der Waals surface area contributed by atoms with Gasteiger partial charge in [-0.1, -0.05) is 39.0 Å². The van der Waals surface area contributed by atoms with E-state index in [0.717, 1.165) is 28.4 Å². The summed E-state index contributed by atoms with van der Waals surface area (Å²) < 4.78 is 5.62. The molecule has 0 aliphatic carbocycles. The maximum absolute atomic E-state index is 12.2. The molecule has 24 heavy (non-hydrogen) atoms. The van der Waals surface area contributed by atoms with Crippen LogP contribution in [-0.4, -0.2) is 17.6 Å². The maximum Gasteiger partial charge on any atom is 0.315 e. The molecule has 1 aromatic carbocycles. The molecule has 0 saturated carbocycles. The third kappa shape index (κ3) is 3.87. The van der Waals surface area contributed by atoms with E-state index in [4.69, 9.17) is 4.74 Å². The summed E-state index contributed by atoms with van der Waals surface area (Å²) in [5, 5.41) is 9.01. The third-order valence-electron chi connectivity index (χ3n) is 3.89. The number of carbonyl (C=O) groups is 1. The van der Waals surface area contributed by atoms with Crippen LogP contribution in [0.3, 0.4) is 0 Å². The fraction of sp³-hybridized carbons (Fsp3) is 0.444. The van der Waals surface area contributed by atoms with Gasteiger partial charge in [-0.3, -0.25) is 0 Å². The monoisotopic (exact) mass is 345 g/mol. The lowest BCUT2D eigenvalue weighted by Crippen LogP contribution is -2.39. The number of carbonyl (C=O) groups excluding carboxylic acids is 1. The normalized spacial score (nSPS) is 16.9. The van der Waals surface area contributed by atoms with Crippen molar-refractivity contribution in [3.05, 3.63) is 45.9 Å². The molecule has 0 spiro atoms. The summed E-state index contributed by atoms with van der Waals surface area (Å²) in [4.78, 5) is 16.8. The first-order valence-corrected chi connectivity index (χ1v) is 9.02. The van der Waals surface area contributed by atoms with Crippen LogP contribution in [0.15, 0.2) is 29.6 Å². The van der Waals surface area contributed by atoms with Crippen LogP contribution in [-0.2, 0) is 12.0 Å². The van der Waals surface area contributed by atoms with E-state index in [-0.39, 0.29) is 17.5 Å². The van der Waals surface area contributed by atoms with Crippen molar-refractivity contribution in [3.8, 4) is 5.75 Å². The van der Waals surface area contributed by atoms with Crippen molar-refractivity contribution in [2.45, 2.75) is 45.2 Å². The first kappa shape index (κ1) is 16.8. The second-order valence-corrected chi connectivity index (χ2v) is 7.81. The lowest BCUT2D eigenvalue weighted by molar-refractivity contribution is 0.223. The molecular formula is C18H23N3O2S. The number of hydrogen-bond acceptors (Lipinski definition) is 4. The molecule has 2 aromatic rings. The highest BCUT2D eigenvalue weighted by Gasteiger charge is 2.23. The van der Waals surface area contributed by atoms with Crippen LogP contribution in [0.25, 0.3) is 0 Å². The van der Waals surface area contributed by atoms with Gasteiger partial charge in [-0.15, -0.1) is 11.3 Å². The Balaban J connectivity index is 1.56. The molecule has 0 fully saturated rings. The number of amides is 2. The van der Waals surface area contributed by atoms with Crippen LogP contribution in [0, 0.1) is 0 Å². The summed E-state index contributed by atoms with van der Waals surface area (Å²) in [5.74, 6) is 0.850. The number of thiazole rings is 1. The molecule has 1 atom stereocenters. The molecule has 6 heteroatoms. The van der Waals surface area contributed by atoms with E-state index in [1.54, 1.807) is 11.3 Å².